The van der Waals surface area contributed by atoms with Gasteiger partial charge in [-0.3, -0.25) is 4.79 Å². The Kier molecular flexibility index (Phi) is 6.75. The molecule has 2 fully saturated rings. The molecule has 0 bridgehead atoms. The Morgan fingerprint density at radius 2 is 1.67 bits per heavy atom. The Bertz CT molecular complexity index is 835. The van der Waals surface area contributed by atoms with Gasteiger partial charge in [0, 0.05) is 26.2 Å². The molecule has 30 heavy (non-hydrogen) atoms. The summed E-state index contributed by atoms with van der Waals surface area (Å²) in [6.45, 7) is 1.07. The maximum absolute atomic E-state index is 13.3. The molecule has 2 aliphatic rings. The molecule has 0 aliphatic carbocycles. The van der Waals surface area contributed by atoms with E-state index in [4.69, 9.17) is 4.74 Å². The molecular formula is C17H22F3N3O6S. The molecule has 0 radical (unpaired) electrons. The van der Waals surface area contributed by atoms with Gasteiger partial charge in [-0.2, -0.15) is 17.1 Å². The summed E-state index contributed by atoms with van der Waals surface area (Å²) in [4.78, 5) is 11.2. The van der Waals surface area contributed by atoms with Crippen LogP contribution in [0.2, 0.25) is 0 Å². The zero-order chi connectivity index (χ0) is 21.9. The van der Waals surface area contributed by atoms with Crippen LogP contribution in [0.4, 0.5) is 18.9 Å². The van der Waals surface area contributed by atoms with Crippen LogP contribution in [0.5, 0.6) is 5.75 Å². The second-order valence-electron chi connectivity index (χ2n) is 6.87. The van der Waals surface area contributed by atoms with Gasteiger partial charge >= 0.3 is 22.5 Å². The van der Waals surface area contributed by atoms with Crippen LogP contribution in [0.3, 0.4) is 0 Å². The zero-order valence-electron chi connectivity index (χ0n) is 15.9. The lowest BCUT2D eigenvalue weighted by Gasteiger charge is -2.42. The third kappa shape index (κ3) is 5.33. The lowest BCUT2D eigenvalue weighted by Crippen LogP contribution is -2.57. The number of aliphatic carboxylic acids is 1. The van der Waals surface area contributed by atoms with Crippen molar-refractivity contribution in [1.29, 1.82) is 0 Å². The van der Waals surface area contributed by atoms with Gasteiger partial charge < -0.3 is 14.6 Å². The van der Waals surface area contributed by atoms with Crippen molar-refractivity contribution >= 4 is 21.9 Å². The van der Waals surface area contributed by atoms with Crippen molar-refractivity contribution in [2.45, 2.75) is 19.2 Å². The largest absolute Gasteiger partial charge is 0.573 e. The smallest absolute Gasteiger partial charge is 0.481 e. The lowest BCUT2D eigenvalue weighted by atomic mass is 9.98. The van der Waals surface area contributed by atoms with Crippen molar-refractivity contribution in [2.75, 3.05) is 43.8 Å². The van der Waals surface area contributed by atoms with E-state index in [1.807, 2.05) is 0 Å². The Hall–Kier alpha value is -2.09. The normalized spacial score (nSPS) is 20.1. The second kappa shape index (κ2) is 8.96. The number of halogens is 3. The van der Waals surface area contributed by atoms with Crippen molar-refractivity contribution in [1.82, 2.24) is 9.31 Å². The molecule has 0 unspecified atom stereocenters. The van der Waals surface area contributed by atoms with Crippen molar-refractivity contribution < 1.29 is 41.0 Å². The van der Waals surface area contributed by atoms with Crippen LogP contribution in [0.1, 0.15) is 12.8 Å². The van der Waals surface area contributed by atoms with E-state index in [0.717, 1.165) is 16.5 Å². The van der Waals surface area contributed by atoms with Gasteiger partial charge in [-0.05, 0) is 37.1 Å². The fourth-order valence-electron chi connectivity index (χ4n) is 3.40. The van der Waals surface area contributed by atoms with E-state index < -0.39 is 34.2 Å². The molecular weight excluding hydrogens is 431 g/mol. The molecule has 1 aromatic carbocycles. The van der Waals surface area contributed by atoms with Crippen molar-refractivity contribution in [2.24, 2.45) is 5.92 Å². The number of anilines is 1. The van der Waals surface area contributed by atoms with Gasteiger partial charge in [0.25, 0.3) is 0 Å². The molecule has 1 aromatic rings. The van der Waals surface area contributed by atoms with Gasteiger partial charge in [0.15, 0.2) is 0 Å². The fraction of sp³-hybridized carbons (Fsp3) is 0.588. The number of hydrogen-bond acceptors (Lipinski definition) is 6. The zero-order valence-corrected chi connectivity index (χ0v) is 16.7. The second-order valence-corrected chi connectivity index (χ2v) is 8.63. The summed E-state index contributed by atoms with van der Waals surface area (Å²) in [6, 6.07) is 4.52. The van der Waals surface area contributed by atoms with Gasteiger partial charge in [0.2, 0.25) is 0 Å². The molecule has 1 N–H and O–H groups in total. The van der Waals surface area contributed by atoms with E-state index >= 15 is 0 Å². The number of hydrogen-bond donors (Lipinski definition) is 1. The molecule has 0 spiro atoms. The summed E-state index contributed by atoms with van der Waals surface area (Å²) in [5.74, 6) is -1.98. The van der Waals surface area contributed by atoms with Gasteiger partial charge in [-0.25, -0.2) is 5.01 Å². The predicted molar refractivity (Wildman–Crippen MR) is 98.8 cm³/mol. The summed E-state index contributed by atoms with van der Waals surface area (Å²) in [5.41, 5.74) is 0.129. The SMILES string of the molecule is O=C(O)C1CCN(N(c2ccc(OC(F)(F)F)cc2)S(=O)(=O)N2CCOCC2)CC1. The standard InChI is InChI=1S/C17H22F3N3O6S/c18-17(19,20)29-15-3-1-14(2-4-15)23(21-7-5-13(6-8-21)16(24)25)30(26,27)22-9-11-28-12-10-22/h1-4,13H,5-12H2,(H,24,25). The highest BCUT2D eigenvalue weighted by molar-refractivity contribution is 7.90. The first kappa shape index (κ1) is 22.6. The van der Waals surface area contributed by atoms with Crippen molar-refractivity contribution in [3.8, 4) is 5.75 Å². The quantitative estimate of drug-likeness (QED) is 0.700. The number of nitrogens with zero attached hydrogens (tertiary/aromatic N) is 3. The molecule has 2 aliphatic heterocycles. The molecule has 0 amide bonds. The number of carboxylic acids is 1. The third-order valence-electron chi connectivity index (χ3n) is 4.88. The molecule has 9 nitrogen and oxygen atoms in total. The van der Waals surface area contributed by atoms with E-state index in [0.29, 0.717) is 0 Å². The summed E-state index contributed by atoms with van der Waals surface area (Å²) in [5, 5.41) is 10.7. The van der Waals surface area contributed by atoms with Crippen LogP contribution < -0.4 is 9.15 Å². The Balaban J connectivity index is 1.88. The minimum atomic E-state index is -4.86. The van der Waals surface area contributed by atoms with E-state index in [1.165, 1.54) is 21.4 Å². The van der Waals surface area contributed by atoms with E-state index in [1.54, 1.807) is 0 Å². The summed E-state index contributed by atoms with van der Waals surface area (Å²) < 4.78 is 75.3. The minimum Gasteiger partial charge on any atom is -0.481 e. The van der Waals surface area contributed by atoms with E-state index in [-0.39, 0.29) is 57.9 Å². The highest BCUT2D eigenvalue weighted by Crippen LogP contribution is 2.30. The Labute approximate surface area is 171 Å². The third-order valence-corrected chi connectivity index (χ3v) is 6.78. The average Bonchev–Trinajstić information content (AvgIpc) is 2.69. The first-order valence-electron chi connectivity index (χ1n) is 9.29. The highest BCUT2D eigenvalue weighted by Gasteiger charge is 2.38. The lowest BCUT2D eigenvalue weighted by molar-refractivity contribution is -0.274. The monoisotopic (exact) mass is 453 g/mol. The van der Waals surface area contributed by atoms with Crippen LogP contribution in [0.15, 0.2) is 24.3 Å². The number of carboxylic acid groups (broad SMARTS) is 1. The summed E-state index contributed by atoms with van der Waals surface area (Å²) in [6.07, 6.45) is -4.36. The summed E-state index contributed by atoms with van der Waals surface area (Å²) >= 11 is 0. The number of hydrazine groups is 1. The van der Waals surface area contributed by atoms with Gasteiger partial charge in [-0.1, -0.05) is 0 Å². The number of benzene rings is 1. The molecule has 2 saturated heterocycles. The number of carbonyl (C=O) groups is 1. The number of morpholine rings is 1. The number of alkyl halides is 3. The van der Waals surface area contributed by atoms with Crippen LogP contribution in [-0.2, 0) is 19.7 Å². The van der Waals surface area contributed by atoms with Crippen molar-refractivity contribution in [3.63, 3.8) is 0 Å². The van der Waals surface area contributed by atoms with Gasteiger partial charge in [-0.15, -0.1) is 13.2 Å². The molecule has 13 heteroatoms. The number of ether oxygens (including phenoxy) is 2. The maximum Gasteiger partial charge on any atom is 0.573 e. The Morgan fingerprint density at radius 3 is 2.17 bits per heavy atom. The maximum atomic E-state index is 13.3. The first-order chi connectivity index (χ1) is 14.1. The molecule has 0 saturated carbocycles. The molecule has 168 valence electrons. The molecule has 0 aromatic heterocycles. The van der Waals surface area contributed by atoms with Crippen molar-refractivity contribution in [3.05, 3.63) is 24.3 Å². The Morgan fingerprint density at radius 1 is 1.10 bits per heavy atom. The van der Waals surface area contributed by atoms with E-state index in [2.05, 4.69) is 4.74 Å². The summed E-state index contributed by atoms with van der Waals surface area (Å²) in [7, 11) is -4.06. The molecule has 3 rings (SSSR count). The number of rotatable bonds is 6. The molecule has 2 heterocycles. The number of piperidine rings is 1. The van der Waals surface area contributed by atoms with Crippen LogP contribution in [0, 0.1) is 5.92 Å². The van der Waals surface area contributed by atoms with Gasteiger partial charge in [0.05, 0.1) is 24.8 Å². The first-order valence-corrected chi connectivity index (χ1v) is 10.7. The van der Waals surface area contributed by atoms with Crippen LogP contribution in [-0.4, -0.2) is 74.6 Å². The van der Waals surface area contributed by atoms with Crippen LogP contribution in [0.25, 0.3) is 0 Å². The van der Waals surface area contributed by atoms with Crippen LogP contribution >= 0.6 is 0 Å². The van der Waals surface area contributed by atoms with Gasteiger partial charge in [0.1, 0.15) is 5.75 Å². The molecule has 0 atom stereocenters. The fourth-order valence-corrected chi connectivity index (χ4v) is 5.07. The predicted octanol–water partition coefficient (Wildman–Crippen LogP) is 1.68. The topological polar surface area (TPSA) is 99.6 Å². The highest BCUT2D eigenvalue weighted by atomic mass is 32.2. The minimum absolute atomic E-state index is 0.129. The average molecular weight is 453 g/mol. The van der Waals surface area contributed by atoms with E-state index in [9.17, 15) is 31.5 Å².